The average Bonchev–Trinajstić information content (AvgIpc) is 2.59. The number of rotatable bonds is 5. The number of nitrogens with one attached hydrogen (secondary N) is 1. The zero-order chi connectivity index (χ0) is 16.2. The number of ether oxygens (including phenoxy) is 1. The Labute approximate surface area is 137 Å². The minimum atomic E-state index is -0.165. The van der Waals surface area contributed by atoms with E-state index in [-0.39, 0.29) is 12.1 Å². The van der Waals surface area contributed by atoms with Crippen LogP contribution in [-0.4, -0.2) is 24.5 Å². The summed E-state index contributed by atoms with van der Waals surface area (Å²) >= 11 is 0. The summed E-state index contributed by atoms with van der Waals surface area (Å²) in [5, 5.41) is 3.43. The molecule has 2 aromatic carbocycles. The SMILES string of the molecule is CCCCOc1ccc(C2Nc3ccccc3C(=O)N2C)cc1. The van der Waals surface area contributed by atoms with E-state index >= 15 is 0 Å². The third kappa shape index (κ3) is 3.16. The van der Waals surface area contributed by atoms with Gasteiger partial charge in [-0.15, -0.1) is 0 Å². The van der Waals surface area contributed by atoms with Gasteiger partial charge in [0.05, 0.1) is 12.2 Å². The zero-order valence-corrected chi connectivity index (χ0v) is 13.6. The molecular weight excluding hydrogens is 288 g/mol. The van der Waals surface area contributed by atoms with Crippen molar-refractivity contribution in [1.82, 2.24) is 4.90 Å². The highest BCUT2D eigenvalue weighted by atomic mass is 16.5. The number of hydrogen-bond acceptors (Lipinski definition) is 3. The Kier molecular flexibility index (Phi) is 4.51. The van der Waals surface area contributed by atoms with Gasteiger partial charge in [-0.25, -0.2) is 0 Å². The molecule has 1 heterocycles. The van der Waals surface area contributed by atoms with E-state index in [2.05, 4.69) is 12.2 Å². The van der Waals surface area contributed by atoms with Crippen molar-refractivity contribution < 1.29 is 9.53 Å². The minimum Gasteiger partial charge on any atom is -0.494 e. The molecule has 1 aliphatic rings. The standard InChI is InChI=1S/C19H22N2O2/c1-3-4-13-23-15-11-9-14(10-12-15)18-20-17-8-6-5-7-16(17)19(22)21(18)2/h5-12,18,20H,3-4,13H2,1-2H3. The van der Waals surface area contributed by atoms with Crippen molar-refractivity contribution in [3.05, 3.63) is 59.7 Å². The lowest BCUT2D eigenvalue weighted by atomic mass is 10.0. The van der Waals surface area contributed by atoms with Crippen molar-refractivity contribution in [2.45, 2.75) is 25.9 Å². The van der Waals surface area contributed by atoms with E-state index < -0.39 is 0 Å². The van der Waals surface area contributed by atoms with Crippen LogP contribution in [0.3, 0.4) is 0 Å². The quantitative estimate of drug-likeness (QED) is 0.847. The number of nitrogens with zero attached hydrogens (tertiary/aromatic N) is 1. The molecule has 1 amide bonds. The van der Waals surface area contributed by atoms with Gasteiger partial charge in [0.1, 0.15) is 11.9 Å². The number of para-hydroxylation sites is 1. The molecule has 120 valence electrons. The van der Waals surface area contributed by atoms with Crippen molar-refractivity contribution in [1.29, 1.82) is 0 Å². The average molecular weight is 310 g/mol. The maximum absolute atomic E-state index is 12.5. The largest absolute Gasteiger partial charge is 0.494 e. The molecule has 4 heteroatoms. The molecule has 0 fully saturated rings. The van der Waals surface area contributed by atoms with Gasteiger partial charge in [0.2, 0.25) is 0 Å². The van der Waals surface area contributed by atoms with Crippen LogP contribution >= 0.6 is 0 Å². The number of carbonyl (C=O) groups excluding carboxylic acids is 1. The van der Waals surface area contributed by atoms with Gasteiger partial charge in [0.25, 0.3) is 5.91 Å². The van der Waals surface area contributed by atoms with E-state index in [1.165, 1.54) is 0 Å². The molecule has 1 unspecified atom stereocenters. The van der Waals surface area contributed by atoms with Crippen molar-refractivity contribution in [3.63, 3.8) is 0 Å². The van der Waals surface area contributed by atoms with E-state index in [0.29, 0.717) is 5.56 Å². The van der Waals surface area contributed by atoms with Crippen molar-refractivity contribution in [3.8, 4) is 5.75 Å². The Hall–Kier alpha value is -2.49. The molecule has 0 bridgehead atoms. The fraction of sp³-hybridized carbons (Fsp3) is 0.316. The van der Waals surface area contributed by atoms with Crippen LogP contribution in [0.25, 0.3) is 0 Å². The van der Waals surface area contributed by atoms with Crippen LogP contribution in [0.15, 0.2) is 48.5 Å². The molecule has 0 saturated carbocycles. The summed E-state index contributed by atoms with van der Waals surface area (Å²) in [5.74, 6) is 0.903. The summed E-state index contributed by atoms with van der Waals surface area (Å²) < 4.78 is 5.69. The number of anilines is 1. The number of carbonyl (C=O) groups is 1. The maximum Gasteiger partial charge on any atom is 0.257 e. The summed E-state index contributed by atoms with van der Waals surface area (Å²) in [4.78, 5) is 14.2. The third-order valence-corrected chi connectivity index (χ3v) is 4.12. The lowest BCUT2D eigenvalue weighted by molar-refractivity contribution is 0.0735. The summed E-state index contributed by atoms with van der Waals surface area (Å²) in [7, 11) is 1.82. The van der Waals surface area contributed by atoms with Gasteiger partial charge < -0.3 is 15.0 Å². The van der Waals surface area contributed by atoms with Crippen LogP contribution < -0.4 is 10.1 Å². The molecule has 1 aliphatic heterocycles. The highest BCUT2D eigenvalue weighted by Crippen LogP contribution is 2.32. The first kappa shape index (κ1) is 15.4. The number of unbranched alkanes of at least 4 members (excludes halogenated alkanes) is 1. The predicted molar refractivity (Wildman–Crippen MR) is 91.7 cm³/mol. The predicted octanol–water partition coefficient (Wildman–Crippen LogP) is 4.06. The van der Waals surface area contributed by atoms with Gasteiger partial charge in [-0.1, -0.05) is 37.6 Å². The van der Waals surface area contributed by atoms with E-state index in [1.807, 2.05) is 55.6 Å². The summed E-state index contributed by atoms with van der Waals surface area (Å²) in [6, 6.07) is 15.6. The first-order valence-corrected chi connectivity index (χ1v) is 8.06. The van der Waals surface area contributed by atoms with Gasteiger partial charge in [-0.05, 0) is 36.2 Å². The van der Waals surface area contributed by atoms with Crippen LogP contribution in [0, 0.1) is 0 Å². The minimum absolute atomic E-state index is 0.0348. The molecular formula is C19H22N2O2. The summed E-state index contributed by atoms with van der Waals surface area (Å²) in [6.45, 7) is 2.88. The van der Waals surface area contributed by atoms with E-state index in [9.17, 15) is 4.79 Å². The molecule has 0 aromatic heterocycles. The van der Waals surface area contributed by atoms with Crippen molar-refractivity contribution in [2.75, 3.05) is 19.0 Å². The van der Waals surface area contributed by atoms with Crippen molar-refractivity contribution >= 4 is 11.6 Å². The monoisotopic (exact) mass is 310 g/mol. The molecule has 0 aliphatic carbocycles. The number of amides is 1. The smallest absolute Gasteiger partial charge is 0.257 e. The van der Waals surface area contributed by atoms with E-state index in [0.717, 1.165) is 36.4 Å². The first-order chi connectivity index (χ1) is 11.2. The first-order valence-electron chi connectivity index (χ1n) is 8.06. The maximum atomic E-state index is 12.5. The number of fused-ring (bicyclic) bond motifs is 1. The van der Waals surface area contributed by atoms with Gasteiger partial charge in [0, 0.05) is 12.7 Å². The number of hydrogen-bond donors (Lipinski definition) is 1. The second kappa shape index (κ2) is 6.73. The van der Waals surface area contributed by atoms with Crippen LogP contribution in [0.5, 0.6) is 5.75 Å². The Bertz CT molecular complexity index is 682. The summed E-state index contributed by atoms with van der Waals surface area (Å²) in [6.07, 6.45) is 2.01. The molecule has 0 spiro atoms. The van der Waals surface area contributed by atoms with Crippen LogP contribution in [-0.2, 0) is 0 Å². The molecule has 0 radical (unpaired) electrons. The lowest BCUT2D eigenvalue weighted by Crippen LogP contribution is -2.40. The van der Waals surface area contributed by atoms with Gasteiger partial charge >= 0.3 is 0 Å². The van der Waals surface area contributed by atoms with E-state index in [4.69, 9.17) is 4.74 Å². The highest BCUT2D eigenvalue weighted by molar-refractivity contribution is 6.01. The summed E-state index contributed by atoms with van der Waals surface area (Å²) in [5.41, 5.74) is 2.63. The molecule has 4 nitrogen and oxygen atoms in total. The van der Waals surface area contributed by atoms with Gasteiger partial charge in [-0.2, -0.15) is 0 Å². The lowest BCUT2D eigenvalue weighted by Gasteiger charge is -2.35. The molecule has 2 aromatic rings. The Morgan fingerprint density at radius 2 is 1.87 bits per heavy atom. The normalized spacial score (nSPS) is 16.7. The van der Waals surface area contributed by atoms with Gasteiger partial charge in [-0.3, -0.25) is 4.79 Å². The Morgan fingerprint density at radius 1 is 1.13 bits per heavy atom. The molecule has 1 atom stereocenters. The zero-order valence-electron chi connectivity index (χ0n) is 13.6. The fourth-order valence-corrected chi connectivity index (χ4v) is 2.73. The van der Waals surface area contributed by atoms with Crippen molar-refractivity contribution in [2.24, 2.45) is 0 Å². The molecule has 3 rings (SSSR count). The second-order valence-electron chi connectivity index (χ2n) is 5.78. The third-order valence-electron chi connectivity index (χ3n) is 4.12. The fourth-order valence-electron chi connectivity index (χ4n) is 2.73. The Balaban J connectivity index is 1.78. The Morgan fingerprint density at radius 3 is 2.61 bits per heavy atom. The van der Waals surface area contributed by atoms with Crippen LogP contribution in [0.2, 0.25) is 0 Å². The van der Waals surface area contributed by atoms with E-state index in [1.54, 1.807) is 4.90 Å². The van der Waals surface area contributed by atoms with Crippen LogP contribution in [0.4, 0.5) is 5.69 Å². The number of benzene rings is 2. The second-order valence-corrected chi connectivity index (χ2v) is 5.78. The highest BCUT2D eigenvalue weighted by Gasteiger charge is 2.29. The molecule has 1 N–H and O–H groups in total. The molecule has 23 heavy (non-hydrogen) atoms. The van der Waals surface area contributed by atoms with Gasteiger partial charge in [0.15, 0.2) is 0 Å². The molecule has 0 saturated heterocycles. The topological polar surface area (TPSA) is 41.6 Å². The van der Waals surface area contributed by atoms with Crippen LogP contribution in [0.1, 0.15) is 41.9 Å².